The minimum Gasteiger partial charge on any atom is -0.346 e. The van der Waals surface area contributed by atoms with Crippen molar-refractivity contribution >= 4 is 35.4 Å². The predicted octanol–water partition coefficient (Wildman–Crippen LogP) is 6.60. The van der Waals surface area contributed by atoms with Crippen LogP contribution in [0.15, 0.2) is 0 Å². The van der Waals surface area contributed by atoms with Crippen LogP contribution in [0.1, 0.15) is 161 Å². The van der Waals surface area contributed by atoms with Crippen LogP contribution in [0.5, 0.6) is 0 Å². The molecule has 0 rings (SSSR count). The van der Waals surface area contributed by atoms with Gasteiger partial charge in [-0.25, -0.2) is 0 Å². The van der Waals surface area contributed by atoms with Gasteiger partial charge in [0.15, 0.2) is 0 Å². The maximum Gasteiger partial charge on any atom is 0.222 e. The van der Waals surface area contributed by atoms with Gasteiger partial charge in [-0.05, 0) is 72.6 Å². The molecule has 0 aliphatic heterocycles. The standard InChI is InChI=1S/C43H82N6O6/c1-15-26-48(40(54)20-6)43(12,13)25-30-49(41(55)21-7)42(10,11)24-29-46(38(52)18-4)33-34(8)22-28-45(37(51)17-3)31-32-47(39(53)19-5)35(9)23-27-44(14)36(50)16-2/h34-35H,15-33H2,1-14H3. The number of carbonyl (C=O) groups excluding carboxylic acids is 6. The molecule has 12 heteroatoms. The number of hydrogen-bond donors (Lipinski definition) is 0. The fourth-order valence-electron chi connectivity index (χ4n) is 7.12. The Morgan fingerprint density at radius 3 is 1.40 bits per heavy atom. The molecule has 0 aromatic rings. The molecule has 2 atom stereocenters. The van der Waals surface area contributed by atoms with E-state index in [1.54, 1.807) is 11.9 Å². The first-order chi connectivity index (χ1) is 25.7. The summed E-state index contributed by atoms with van der Waals surface area (Å²) < 4.78 is 0. The summed E-state index contributed by atoms with van der Waals surface area (Å²) in [6.07, 6.45) is 5.84. The molecule has 0 aliphatic rings. The van der Waals surface area contributed by atoms with E-state index in [0.29, 0.717) is 117 Å². The van der Waals surface area contributed by atoms with Gasteiger partial charge in [-0.2, -0.15) is 0 Å². The van der Waals surface area contributed by atoms with Gasteiger partial charge in [-0.3, -0.25) is 28.8 Å². The quantitative estimate of drug-likeness (QED) is 0.0883. The van der Waals surface area contributed by atoms with E-state index in [1.165, 1.54) is 0 Å². The van der Waals surface area contributed by atoms with Crippen LogP contribution < -0.4 is 0 Å². The van der Waals surface area contributed by atoms with Crippen molar-refractivity contribution in [2.45, 2.75) is 178 Å². The SMILES string of the molecule is CCCN(C(=O)CC)C(C)(C)CCN(C(=O)CC)C(C)(C)CCN(CC(C)CCN(CCN(C(=O)CC)C(C)CCN(C)C(=O)CC)C(=O)CC)C(=O)CC. The lowest BCUT2D eigenvalue weighted by molar-refractivity contribution is -0.139. The lowest BCUT2D eigenvalue weighted by atomic mass is 9.92. The van der Waals surface area contributed by atoms with Gasteiger partial charge in [-0.15, -0.1) is 0 Å². The van der Waals surface area contributed by atoms with Gasteiger partial charge in [0.1, 0.15) is 0 Å². The average Bonchev–Trinajstić information content (AvgIpc) is 3.16. The third-order valence-corrected chi connectivity index (χ3v) is 11.2. The van der Waals surface area contributed by atoms with Crippen LogP contribution in [0.3, 0.4) is 0 Å². The molecule has 0 bridgehead atoms. The van der Waals surface area contributed by atoms with Crippen LogP contribution in [-0.2, 0) is 28.8 Å². The Morgan fingerprint density at radius 2 is 0.927 bits per heavy atom. The second-order valence-corrected chi connectivity index (χ2v) is 16.5. The maximum atomic E-state index is 13.4. The minimum absolute atomic E-state index is 0.0267. The number of hydrogen-bond acceptors (Lipinski definition) is 6. The van der Waals surface area contributed by atoms with E-state index in [0.717, 1.165) is 6.42 Å². The van der Waals surface area contributed by atoms with Crippen molar-refractivity contribution in [2.75, 3.05) is 59.4 Å². The molecule has 6 amide bonds. The van der Waals surface area contributed by atoms with Gasteiger partial charge in [-0.1, -0.05) is 55.4 Å². The van der Waals surface area contributed by atoms with Crippen molar-refractivity contribution in [1.29, 1.82) is 0 Å². The molecular formula is C43H82N6O6. The number of amides is 6. The number of carbonyl (C=O) groups is 6. The molecule has 0 heterocycles. The molecule has 0 saturated heterocycles. The summed E-state index contributed by atoms with van der Waals surface area (Å²) in [7, 11) is 1.79. The molecule has 0 aromatic heterocycles. The molecule has 0 aliphatic carbocycles. The highest BCUT2D eigenvalue weighted by Crippen LogP contribution is 2.27. The molecule has 0 fully saturated rings. The topological polar surface area (TPSA) is 122 Å². The molecular weight excluding hydrogens is 697 g/mol. The van der Waals surface area contributed by atoms with E-state index in [-0.39, 0.29) is 47.4 Å². The smallest absolute Gasteiger partial charge is 0.222 e. The monoisotopic (exact) mass is 779 g/mol. The van der Waals surface area contributed by atoms with Crippen molar-refractivity contribution in [3.8, 4) is 0 Å². The fourth-order valence-corrected chi connectivity index (χ4v) is 7.12. The van der Waals surface area contributed by atoms with Gasteiger partial charge in [0, 0.05) is 115 Å². The van der Waals surface area contributed by atoms with Gasteiger partial charge in [0.2, 0.25) is 35.4 Å². The molecule has 55 heavy (non-hydrogen) atoms. The maximum absolute atomic E-state index is 13.4. The van der Waals surface area contributed by atoms with Crippen molar-refractivity contribution in [2.24, 2.45) is 5.92 Å². The lowest BCUT2D eigenvalue weighted by Crippen LogP contribution is -2.54. The van der Waals surface area contributed by atoms with E-state index in [4.69, 9.17) is 0 Å². The molecule has 12 nitrogen and oxygen atoms in total. The Labute approximate surface area is 336 Å². The summed E-state index contributed by atoms with van der Waals surface area (Å²) in [6.45, 7) is 29.8. The van der Waals surface area contributed by atoms with Crippen LogP contribution in [0.25, 0.3) is 0 Å². The third kappa shape index (κ3) is 17.7. The van der Waals surface area contributed by atoms with Crippen molar-refractivity contribution < 1.29 is 28.8 Å². The first-order valence-electron chi connectivity index (χ1n) is 21.4. The Bertz CT molecular complexity index is 1210. The van der Waals surface area contributed by atoms with Gasteiger partial charge >= 0.3 is 0 Å². The van der Waals surface area contributed by atoms with Crippen LogP contribution in [0.2, 0.25) is 0 Å². The van der Waals surface area contributed by atoms with E-state index in [1.807, 2.05) is 73.0 Å². The predicted molar refractivity (Wildman–Crippen MR) is 223 cm³/mol. The van der Waals surface area contributed by atoms with Crippen molar-refractivity contribution in [3.05, 3.63) is 0 Å². The summed E-state index contributed by atoms with van der Waals surface area (Å²) in [6, 6.07) is -0.0778. The second kappa shape index (κ2) is 25.9. The lowest BCUT2D eigenvalue weighted by Gasteiger charge is -2.44. The summed E-state index contributed by atoms with van der Waals surface area (Å²) in [5.41, 5.74) is -0.930. The van der Waals surface area contributed by atoms with Crippen molar-refractivity contribution in [3.63, 3.8) is 0 Å². The summed E-state index contributed by atoms with van der Waals surface area (Å²) in [5.74, 6) is 0.468. The molecule has 0 radical (unpaired) electrons. The Hall–Kier alpha value is -3.18. The highest BCUT2D eigenvalue weighted by Gasteiger charge is 2.35. The largest absolute Gasteiger partial charge is 0.346 e. The first-order valence-corrected chi connectivity index (χ1v) is 21.4. The van der Waals surface area contributed by atoms with E-state index in [9.17, 15) is 28.8 Å². The second-order valence-electron chi connectivity index (χ2n) is 16.5. The zero-order valence-electron chi connectivity index (χ0n) is 37.7. The van der Waals surface area contributed by atoms with Gasteiger partial charge < -0.3 is 29.4 Å². The zero-order chi connectivity index (χ0) is 42.5. The van der Waals surface area contributed by atoms with Crippen LogP contribution in [0.4, 0.5) is 0 Å². The van der Waals surface area contributed by atoms with E-state index in [2.05, 4.69) is 41.5 Å². The highest BCUT2D eigenvalue weighted by molar-refractivity contribution is 5.79. The molecule has 0 aromatic carbocycles. The van der Waals surface area contributed by atoms with Crippen LogP contribution in [-0.4, -0.2) is 141 Å². The Kier molecular flexibility index (Phi) is 24.4. The van der Waals surface area contributed by atoms with Crippen LogP contribution in [0, 0.1) is 5.92 Å². The first kappa shape index (κ1) is 51.8. The molecule has 320 valence electrons. The number of nitrogens with zero attached hydrogens (tertiary/aromatic N) is 6. The number of rotatable bonds is 28. The molecule has 0 N–H and O–H groups in total. The Balaban J connectivity index is 5.76. The van der Waals surface area contributed by atoms with E-state index >= 15 is 0 Å². The van der Waals surface area contributed by atoms with Crippen molar-refractivity contribution in [1.82, 2.24) is 29.4 Å². The summed E-state index contributed by atoms with van der Waals surface area (Å²) in [5, 5.41) is 0. The highest BCUT2D eigenvalue weighted by atomic mass is 16.2. The third-order valence-electron chi connectivity index (χ3n) is 11.2. The Morgan fingerprint density at radius 1 is 0.473 bits per heavy atom. The summed E-state index contributed by atoms with van der Waals surface area (Å²) in [4.78, 5) is 88.8. The van der Waals surface area contributed by atoms with Crippen LogP contribution >= 0.6 is 0 Å². The zero-order valence-corrected chi connectivity index (χ0v) is 37.7. The molecule has 0 spiro atoms. The normalized spacial score (nSPS) is 12.8. The van der Waals surface area contributed by atoms with E-state index < -0.39 is 11.1 Å². The summed E-state index contributed by atoms with van der Waals surface area (Å²) >= 11 is 0. The fraction of sp³-hybridized carbons (Fsp3) is 0.860. The molecule has 0 saturated carbocycles. The van der Waals surface area contributed by atoms with Gasteiger partial charge in [0.25, 0.3) is 0 Å². The van der Waals surface area contributed by atoms with Gasteiger partial charge in [0.05, 0.1) is 0 Å². The minimum atomic E-state index is -0.521. The average molecular weight is 779 g/mol. The molecule has 2 unspecified atom stereocenters.